The standard InChI is InChI=1S/C12H11BrFN3S/c1-6(2)9(11(13)18)16-12-15-8-5-3-4-7(14)10(8)17-12/h3-5,18H,1H2,2H3,(H2,15,16,17)/b11-9+. The predicted octanol–water partition coefficient (Wildman–Crippen LogP) is 4.18. The van der Waals surface area contributed by atoms with Crippen LogP contribution in [-0.4, -0.2) is 9.97 Å². The Labute approximate surface area is 118 Å². The summed E-state index contributed by atoms with van der Waals surface area (Å²) in [6.45, 7) is 5.67. The molecule has 1 heterocycles. The molecular weight excluding hydrogens is 317 g/mol. The molecule has 6 heteroatoms. The monoisotopic (exact) mass is 327 g/mol. The van der Waals surface area contributed by atoms with E-state index in [0.29, 0.717) is 26.5 Å². The summed E-state index contributed by atoms with van der Waals surface area (Å²) in [5.41, 5.74) is 2.42. The first-order valence-corrected chi connectivity index (χ1v) is 6.39. The zero-order valence-electron chi connectivity index (χ0n) is 9.59. The Bertz CT molecular complexity index is 644. The zero-order valence-corrected chi connectivity index (χ0v) is 12.1. The van der Waals surface area contributed by atoms with Gasteiger partial charge in [-0.1, -0.05) is 12.6 Å². The first-order valence-electron chi connectivity index (χ1n) is 5.15. The smallest absolute Gasteiger partial charge is 0.205 e. The number of anilines is 1. The van der Waals surface area contributed by atoms with Crippen LogP contribution in [0.15, 0.2) is 39.9 Å². The highest BCUT2D eigenvalue weighted by atomic mass is 79.9. The maximum atomic E-state index is 13.5. The van der Waals surface area contributed by atoms with Crippen LogP contribution in [0, 0.1) is 5.82 Å². The molecule has 0 saturated heterocycles. The second kappa shape index (κ2) is 5.16. The van der Waals surface area contributed by atoms with Crippen molar-refractivity contribution in [3.63, 3.8) is 0 Å². The Morgan fingerprint density at radius 2 is 2.28 bits per heavy atom. The fourth-order valence-corrected chi connectivity index (χ4v) is 2.19. The van der Waals surface area contributed by atoms with Crippen LogP contribution in [0.4, 0.5) is 10.3 Å². The van der Waals surface area contributed by atoms with Crippen molar-refractivity contribution in [1.29, 1.82) is 0 Å². The number of rotatable bonds is 3. The lowest BCUT2D eigenvalue weighted by Gasteiger charge is -2.08. The topological polar surface area (TPSA) is 40.7 Å². The minimum absolute atomic E-state index is 0.302. The molecule has 1 aromatic heterocycles. The summed E-state index contributed by atoms with van der Waals surface area (Å²) in [6.07, 6.45) is 0. The molecule has 18 heavy (non-hydrogen) atoms. The van der Waals surface area contributed by atoms with Crippen LogP contribution >= 0.6 is 28.6 Å². The minimum Gasteiger partial charge on any atom is -0.324 e. The number of hydrogen-bond donors (Lipinski definition) is 3. The third-order valence-electron chi connectivity index (χ3n) is 2.34. The number of allylic oxidation sites excluding steroid dienone is 1. The second-order valence-corrected chi connectivity index (χ2v) is 5.65. The van der Waals surface area contributed by atoms with E-state index in [1.54, 1.807) is 12.1 Å². The Morgan fingerprint density at radius 1 is 1.56 bits per heavy atom. The summed E-state index contributed by atoms with van der Waals surface area (Å²) in [7, 11) is 0. The fraction of sp³-hybridized carbons (Fsp3) is 0.0833. The van der Waals surface area contributed by atoms with Gasteiger partial charge in [0.25, 0.3) is 0 Å². The van der Waals surface area contributed by atoms with Crippen LogP contribution in [0.2, 0.25) is 0 Å². The Balaban J connectivity index is 2.41. The van der Waals surface area contributed by atoms with Crippen molar-refractivity contribution >= 4 is 45.5 Å². The number of benzene rings is 1. The molecule has 0 aliphatic carbocycles. The van der Waals surface area contributed by atoms with Crippen LogP contribution in [-0.2, 0) is 0 Å². The molecule has 0 bridgehead atoms. The van der Waals surface area contributed by atoms with Gasteiger partial charge < -0.3 is 10.3 Å². The fourth-order valence-electron chi connectivity index (χ4n) is 1.51. The van der Waals surface area contributed by atoms with E-state index < -0.39 is 0 Å². The van der Waals surface area contributed by atoms with Crippen LogP contribution in [0.3, 0.4) is 0 Å². The van der Waals surface area contributed by atoms with Crippen molar-refractivity contribution in [1.82, 2.24) is 9.97 Å². The summed E-state index contributed by atoms with van der Waals surface area (Å²) >= 11 is 7.47. The number of fused-ring (bicyclic) bond motifs is 1. The molecule has 2 aromatic rings. The molecule has 0 spiro atoms. The van der Waals surface area contributed by atoms with Gasteiger partial charge in [0.15, 0.2) is 5.82 Å². The highest BCUT2D eigenvalue weighted by Crippen LogP contribution is 2.24. The summed E-state index contributed by atoms with van der Waals surface area (Å²) in [5, 5.41) is 3.02. The number of thiol groups is 1. The van der Waals surface area contributed by atoms with E-state index in [2.05, 4.69) is 50.4 Å². The zero-order chi connectivity index (χ0) is 13.3. The van der Waals surface area contributed by atoms with E-state index in [9.17, 15) is 4.39 Å². The number of aromatic nitrogens is 2. The Kier molecular flexibility index (Phi) is 3.77. The van der Waals surface area contributed by atoms with E-state index in [-0.39, 0.29) is 5.82 Å². The van der Waals surface area contributed by atoms with Crippen LogP contribution in [0.25, 0.3) is 11.0 Å². The van der Waals surface area contributed by atoms with Crippen LogP contribution in [0.1, 0.15) is 6.92 Å². The maximum Gasteiger partial charge on any atom is 0.205 e. The Hall–Kier alpha value is -1.27. The molecule has 1 aromatic carbocycles. The van der Waals surface area contributed by atoms with Crippen molar-refractivity contribution in [3.8, 4) is 0 Å². The van der Waals surface area contributed by atoms with Gasteiger partial charge in [-0.05, 0) is 40.6 Å². The molecule has 94 valence electrons. The number of para-hydroxylation sites is 1. The van der Waals surface area contributed by atoms with Crippen molar-refractivity contribution in [2.24, 2.45) is 0 Å². The third-order valence-corrected chi connectivity index (χ3v) is 2.96. The summed E-state index contributed by atoms with van der Waals surface area (Å²) in [6, 6.07) is 4.76. The molecule has 3 nitrogen and oxygen atoms in total. The SMILES string of the molecule is C=C(C)/C(Nc1nc2c(F)cccc2[nH]1)=C(\S)Br. The average Bonchev–Trinajstić information content (AvgIpc) is 2.69. The molecule has 0 aliphatic heterocycles. The second-order valence-electron chi connectivity index (χ2n) is 3.79. The summed E-state index contributed by atoms with van der Waals surface area (Å²) in [5.74, 6) is 0.0849. The average molecular weight is 328 g/mol. The van der Waals surface area contributed by atoms with Crippen molar-refractivity contribution in [3.05, 3.63) is 45.7 Å². The molecule has 0 aliphatic rings. The lowest BCUT2D eigenvalue weighted by Crippen LogP contribution is -2.02. The predicted molar refractivity (Wildman–Crippen MR) is 79.4 cm³/mol. The highest BCUT2D eigenvalue weighted by Gasteiger charge is 2.09. The van der Waals surface area contributed by atoms with E-state index in [1.807, 2.05) is 6.92 Å². The molecule has 0 unspecified atom stereocenters. The molecule has 2 N–H and O–H groups in total. The molecule has 0 radical (unpaired) electrons. The number of aromatic amines is 1. The number of nitrogens with one attached hydrogen (secondary N) is 2. The van der Waals surface area contributed by atoms with Crippen molar-refractivity contribution in [2.45, 2.75) is 6.92 Å². The maximum absolute atomic E-state index is 13.5. The van der Waals surface area contributed by atoms with Gasteiger partial charge in [0.2, 0.25) is 5.95 Å². The van der Waals surface area contributed by atoms with Gasteiger partial charge in [-0.15, -0.1) is 12.6 Å². The quantitative estimate of drug-likeness (QED) is 0.584. The van der Waals surface area contributed by atoms with Crippen molar-refractivity contribution < 1.29 is 4.39 Å². The molecule has 2 rings (SSSR count). The van der Waals surface area contributed by atoms with Gasteiger partial charge in [-0.3, -0.25) is 0 Å². The molecule has 0 fully saturated rings. The van der Waals surface area contributed by atoms with E-state index >= 15 is 0 Å². The number of nitrogens with zero attached hydrogens (tertiary/aromatic N) is 1. The van der Waals surface area contributed by atoms with Crippen LogP contribution in [0.5, 0.6) is 0 Å². The van der Waals surface area contributed by atoms with Crippen molar-refractivity contribution in [2.75, 3.05) is 5.32 Å². The van der Waals surface area contributed by atoms with Gasteiger partial charge in [-0.25, -0.2) is 9.37 Å². The van der Waals surface area contributed by atoms with Gasteiger partial charge in [0.05, 0.1) is 15.0 Å². The third kappa shape index (κ3) is 2.59. The van der Waals surface area contributed by atoms with E-state index in [1.165, 1.54) is 6.07 Å². The largest absolute Gasteiger partial charge is 0.324 e. The highest BCUT2D eigenvalue weighted by molar-refractivity contribution is 9.13. The van der Waals surface area contributed by atoms with Gasteiger partial charge in [0, 0.05) is 0 Å². The van der Waals surface area contributed by atoms with Gasteiger partial charge in [0.1, 0.15) is 5.52 Å². The number of imidazole rings is 1. The molecular formula is C12H11BrFN3S. The molecule has 0 amide bonds. The normalized spacial score (nSPS) is 12.4. The van der Waals surface area contributed by atoms with E-state index in [4.69, 9.17) is 0 Å². The number of hydrogen-bond acceptors (Lipinski definition) is 3. The first kappa shape index (κ1) is 13.2. The molecule has 0 atom stereocenters. The lowest BCUT2D eigenvalue weighted by molar-refractivity contribution is 0.637. The van der Waals surface area contributed by atoms with E-state index in [0.717, 1.165) is 5.57 Å². The molecule has 0 saturated carbocycles. The van der Waals surface area contributed by atoms with Crippen LogP contribution < -0.4 is 5.32 Å². The van der Waals surface area contributed by atoms with Gasteiger partial charge in [-0.2, -0.15) is 0 Å². The Morgan fingerprint density at radius 3 is 2.83 bits per heavy atom. The number of halogens is 2. The summed E-state index contributed by atoms with van der Waals surface area (Å²) < 4.78 is 14.1. The summed E-state index contributed by atoms with van der Waals surface area (Å²) in [4.78, 5) is 7.13. The minimum atomic E-state index is -0.359. The lowest BCUT2D eigenvalue weighted by atomic mass is 10.3. The number of H-pyrrole nitrogens is 1. The first-order chi connectivity index (χ1) is 8.49. The van der Waals surface area contributed by atoms with Gasteiger partial charge >= 0.3 is 0 Å².